The fraction of sp³-hybridized carbons (Fsp3) is 0.0714. The van der Waals surface area contributed by atoms with E-state index in [1.54, 1.807) is 30.5 Å². The summed E-state index contributed by atoms with van der Waals surface area (Å²) in [5.74, 6) is 0.443. The predicted octanol–water partition coefficient (Wildman–Crippen LogP) is 4.57. The van der Waals surface area contributed by atoms with Gasteiger partial charge in [0.15, 0.2) is 11.5 Å². The third-order valence-corrected chi connectivity index (χ3v) is 3.14. The van der Waals surface area contributed by atoms with Gasteiger partial charge in [-0.2, -0.15) is 0 Å². The number of methoxy groups -OCH3 is 1. The number of halogens is 2. The maximum Gasteiger partial charge on any atom is 0.166 e. The van der Waals surface area contributed by atoms with Gasteiger partial charge in [-0.1, -0.05) is 33.6 Å². The molecule has 3 nitrogen and oxygen atoms in total. The second kappa shape index (κ2) is 6.08. The van der Waals surface area contributed by atoms with Crippen LogP contribution >= 0.6 is 27.5 Å². The van der Waals surface area contributed by atoms with Gasteiger partial charge in [0.05, 0.1) is 12.8 Å². The van der Waals surface area contributed by atoms with Gasteiger partial charge in [0.2, 0.25) is 0 Å². The molecule has 0 aliphatic carbocycles. The van der Waals surface area contributed by atoms with Crippen molar-refractivity contribution >= 4 is 39.4 Å². The Kier molecular flexibility index (Phi) is 4.45. The topological polar surface area (TPSA) is 41.8 Å². The molecule has 0 aliphatic rings. The van der Waals surface area contributed by atoms with E-state index in [2.05, 4.69) is 20.9 Å². The van der Waals surface area contributed by atoms with E-state index in [1.807, 2.05) is 12.1 Å². The van der Waals surface area contributed by atoms with Gasteiger partial charge in [-0.05, 0) is 30.3 Å². The Morgan fingerprint density at radius 1 is 1.32 bits per heavy atom. The lowest BCUT2D eigenvalue weighted by atomic mass is 10.2. The van der Waals surface area contributed by atoms with Crippen LogP contribution in [0.2, 0.25) is 5.02 Å². The van der Waals surface area contributed by atoms with Gasteiger partial charge >= 0.3 is 0 Å². The Hall–Kier alpha value is -1.52. The fourth-order valence-electron chi connectivity index (χ4n) is 1.55. The number of aliphatic imine (C=N–C) groups is 1. The van der Waals surface area contributed by atoms with Gasteiger partial charge in [-0.3, -0.25) is 4.99 Å². The van der Waals surface area contributed by atoms with Gasteiger partial charge in [-0.25, -0.2) is 0 Å². The van der Waals surface area contributed by atoms with E-state index in [9.17, 15) is 5.11 Å². The van der Waals surface area contributed by atoms with Crippen LogP contribution in [0.3, 0.4) is 0 Å². The summed E-state index contributed by atoms with van der Waals surface area (Å²) in [6.07, 6.45) is 1.56. The minimum absolute atomic E-state index is 0.0523. The molecule has 2 aromatic rings. The van der Waals surface area contributed by atoms with Crippen LogP contribution in [-0.2, 0) is 0 Å². The number of hydrogen-bond acceptors (Lipinski definition) is 3. The zero-order chi connectivity index (χ0) is 13.8. The molecule has 0 aromatic heterocycles. The normalized spacial score (nSPS) is 10.9. The lowest BCUT2D eigenvalue weighted by molar-refractivity contribution is 0.373. The molecule has 1 N–H and O–H groups in total. The van der Waals surface area contributed by atoms with Gasteiger partial charge in [0.25, 0.3) is 0 Å². The van der Waals surface area contributed by atoms with Crippen molar-refractivity contribution in [3.8, 4) is 11.5 Å². The van der Waals surface area contributed by atoms with Crippen LogP contribution in [0.1, 0.15) is 5.56 Å². The number of rotatable bonds is 3. The number of hydrogen-bond donors (Lipinski definition) is 1. The highest BCUT2D eigenvalue weighted by molar-refractivity contribution is 9.10. The lowest BCUT2D eigenvalue weighted by Crippen LogP contribution is -1.89. The van der Waals surface area contributed by atoms with Crippen LogP contribution in [0.5, 0.6) is 11.5 Å². The fourth-order valence-corrected chi connectivity index (χ4v) is 2.19. The molecule has 0 spiro atoms. The number of phenolic OH excluding ortho intramolecular Hbond substituents is 1. The number of ether oxygens (including phenoxy) is 1. The summed E-state index contributed by atoms with van der Waals surface area (Å²) in [5.41, 5.74) is 1.28. The van der Waals surface area contributed by atoms with Gasteiger partial charge in [-0.15, -0.1) is 0 Å². The molecule has 0 bridgehead atoms. The summed E-state index contributed by atoms with van der Waals surface area (Å²) in [5, 5.41) is 10.6. The molecule has 0 heterocycles. The van der Waals surface area contributed by atoms with Gasteiger partial charge < -0.3 is 9.84 Å². The average Bonchev–Trinajstić information content (AvgIpc) is 2.39. The maximum absolute atomic E-state index is 9.98. The van der Waals surface area contributed by atoms with Crippen molar-refractivity contribution in [3.63, 3.8) is 0 Å². The van der Waals surface area contributed by atoms with E-state index in [-0.39, 0.29) is 5.75 Å². The summed E-state index contributed by atoms with van der Waals surface area (Å²) >= 11 is 9.23. The van der Waals surface area contributed by atoms with Crippen LogP contribution in [0.4, 0.5) is 5.69 Å². The van der Waals surface area contributed by atoms with Crippen LogP contribution < -0.4 is 4.74 Å². The van der Waals surface area contributed by atoms with Crippen molar-refractivity contribution in [1.82, 2.24) is 0 Å². The summed E-state index contributed by atoms with van der Waals surface area (Å²) in [7, 11) is 1.50. The smallest absolute Gasteiger partial charge is 0.166 e. The van der Waals surface area contributed by atoms with Crippen molar-refractivity contribution < 1.29 is 9.84 Å². The monoisotopic (exact) mass is 339 g/mol. The largest absolute Gasteiger partial charge is 0.504 e. The predicted molar refractivity (Wildman–Crippen MR) is 81.1 cm³/mol. The SMILES string of the molecule is COc1cc(Br)cc(/C=N\c2cccc(Cl)c2)c1O. The third-order valence-electron chi connectivity index (χ3n) is 2.45. The van der Waals surface area contributed by atoms with Crippen molar-refractivity contribution in [2.24, 2.45) is 4.99 Å². The lowest BCUT2D eigenvalue weighted by Gasteiger charge is -2.06. The zero-order valence-electron chi connectivity index (χ0n) is 10.1. The van der Waals surface area contributed by atoms with Gasteiger partial charge in [0, 0.05) is 21.3 Å². The second-order valence-electron chi connectivity index (χ2n) is 3.78. The number of benzene rings is 2. The van der Waals surface area contributed by atoms with Gasteiger partial charge in [0.1, 0.15) is 0 Å². The van der Waals surface area contributed by atoms with Crippen molar-refractivity contribution in [1.29, 1.82) is 0 Å². The first kappa shape index (κ1) is 13.9. The number of nitrogens with zero attached hydrogens (tertiary/aromatic N) is 1. The average molecular weight is 341 g/mol. The van der Waals surface area contributed by atoms with Crippen LogP contribution in [0.25, 0.3) is 0 Å². The Morgan fingerprint density at radius 2 is 2.11 bits per heavy atom. The van der Waals surface area contributed by atoms with Crippen LogP contribution in [0, 0.1) is 0 Å². The number of phenols is 1. The number of aromatic hydroxyl groups is 1. The second-order valence-corrected chi connectivity index (χ2v) is 5.14. The molecule has 0 radical (unpaired) electrons. The first-order valence-electron chi connectivity index (χ1n) is 5.46. The van der Waals surface area contributed by atoms with Crippen LogP contribution in [0.15, 0.2) is 45.9 Å². The summed E-state index contributed by atoms with van der Waals surface area (Å²) < 4.78 is 5.88. The maximum atomic E-state index is 9.98. The molecule has 98 valence electrons. The standard InChI is InChI=1S/C14H11BrClNO2/c1-19-13-6-10(15)5-9(14(13)18)8-17-12-4-2-3-11(16)7-12/h2-8,18H,1H3/b17-8-. The van der Waals surface area contributed by atoms with Crippen LogP contribution in [-0.4, -0.2) is 18.4 Å². The molecular formula is C14H11BrClNO2. The van der Waals surface area contributed by atoms with E-state index in [4.69, 9.17) is 16.3 Å². The zero-order valence-corrected chi connectivity index (χ0v) is 12.4. The quantitative estimate of drug-likeness (QED) is 0.832. The Labute approximate surface area is 124 Å². The molecule has 19 heavy (non-hydrogen) atoms. The van der Waals surface area contributed by atoms with E-state index < -0.39 is 0 Å². The molecule has 0 unspecified atom stereocenters. The summed E-state index contributed by atoms with van der Waals surface area (Å²) in [6.45, 7) is 0. The Morgan fingerprint density at radius 3 is 2.79 bits per heavy atom. The van der Waals surface area contributed by atoms with E-state index >= 15 is 0 Å². The molecule has 0 fully saturated rings. The summed E-state index contributed by atoms with van der Waals surface area (Å²) in [4.78, 5) is 4.27. The van der Waals surface area contributed by atoms with E-state index in [0.29, 0.717) is 22.0 Å². The minimum atomic E-state index is 0.0523. The van der Waals surface area contributed by atoms with E-state index in [1.165, 1.54) is 7.11 Å². The molecule has 0 aliphatic heterocycles. The Bertz CT molecular complexity index is 629. The highest BCUT2D eigenvalue weighted by atomic mass is 79.9. The molecule has 0 amide bonds. The highest BCUT2D eigenvalue weighted by Gasteiger charge is 2.07. The first-order valence-corrected chi connectivity index (χ1v) is 6.63. The van der Waals surface area contributed by atoms with Crippen molar-refractivity contribution in [3.05, 3.63) is 51.5 Å². The minimum Gasteiger partial charge on any atom is -0.504 e. The molecule has 2 aromatic carbocycles. The third kappa shape index (κ3) is 3.49. The molecule has 0 saturated carbocycles. The molecule has 5 heteroatoms. The Balaban J connectivity index is 2.35. The van der Waals surface area contributed by atoms with Crippen molar-refractivity contribution in [2.45, 2.75) is 0 Å². The van der Waals surface area contributed by atoms with Crippen molar-refractivity contribution in [2.75, 3.05) is 7.11 Å². The molecule has 2 rings (SSSR count). The summed E-state index contributed by atoms with van der Waals surface area (Å²) in [6, 6.07) is 10.6. The highest BCUT2D eigenvalue weighted by Crippen LogP contribution is 2.32. The first-order chi connectivity index (χ1) is 9.10. The molecule has 0 saturated heterocycles. The van der Waals surface area contributed by atoms with E-state index in [0.717, 1.165) is 4.47 Å². The molecular weight excluding hydrogens is 330 g/mol. The molecule has 0 atom stereocenters.